The van der Waals surface area contributed by atoms with Gasteiger partial charge in [-0.05, 0) is 30.4 Å². The van der Waals surface area contributed by atoms with Crippen LogP contribution in [0.2, 0.25) is 0 Å². The molecule has 13 heavy (non-hydrogen) atoms. The maximum absolute atomic E-state index is 13.2. The van der Waals surface area contributed by atoms with E-state index in [9.17, 15) is 4.39 Å². The zero-order chi connectivity index (χ0) is 9.47. The minimum atomic E-state index is -0.137. The van der Waals surface area contributed by atoms with Crippen molar-refractivity contribution in [2.45, 2.75) is 25.3 Å². The van der Waals surface area contributed by atoms with Gasteiger partial charge in [0.05, 0.1) is 0 Å². The van der Waals surface area contributed by atoms with Gasteiger partial charge in [0.2, 0.25) is 0 Å². The molecule has 1 aliphatic rings. The van der Waals surface area contributed by atoms with Crippen molar-refractivity contribution >= 4 is 0 Å². The van der Waals surface area contributed by atoms with Crippen LogP contribution in [0.3, 0.4) is 0 Å². The van der Waals surface area contributed by atoms with Crippen LogP contribution in [-0.2, 0) is 6.42 Å². The van der Waals surface area contributed by atoms with Gasteiger partial charge in [-0.2, -0.15) is 0 Å². The van der Waals surface area contributed by atoms with Crippen LogP contribution in [0.1, 0.15) is 18.9 Å². The standard InChI is InChI=1S/C11H14FN/c1-8-6-11(8,13)7-9-4-2-3-5-10(9)12/h2-5,8H,6-7,13H2,1H3. The third-order valence-electron chi connectivity index (χ3n) is 2.98. The van der Waals surface area contributed by atoms with Crippen molar-refractivity contribution in [1.82, 2.24) is 0 Å². The van der Waals surface area contributed by atoms with Gasteiger partial charge in [-0.25, -0.2) is 4.39 Å². The molecule has 0 aromatic heterocycles. The minimum absolute atomic E-state index is 0.133. The first kappa shape index (κ1) is 8.70. The monoisotopic (exact) mass is 179 g/mol. The van der Waals surface area contributed by atoms with Gasteiger partial charge in [0.15, 0.2) is 0 Å². The molecule has 0 aliphatic heterocycles. The number of benzene rings is 1. The lowest BCUT2D eigenvalue weighted by molar-refractivity contribution is 0.564. The highest BCUT2D eigenvalue weighted by atomic mass is 19.1. The molecule has 1 aromatic carbocycles. The van der Waals surface area contributed by atoms with Gasteiger partial charge in [0.1, 0.15) is 5.82 Å². The van der Waals surface area contributed by atoms with Gasteiger partial charge in [0, 0.05) is 5.54 Å². The second-order valence-electron chi connectivity index (χ2n) is 4.11. The van der Waals surface area contributed by atoms with Crippen molar-refractivity contribution < 1.29 is 4.39 Å². The van der Waals surface area contributed by atoms with Crippen molar-refractivity contribution in [1.29, 1.82) is 0 Å². The molecule has 0 radical (unpaired) electrons. The average molecular weight is 179 g/mol. The normalized spacial score (nSPS) is 31.8. The van der Waals surface area contributed by atoms with Crippen LogP contribution < -0.4 is 5.73 Å². The maximum atomic E-state index is 13.2. The molecule has 0 heterocycles. The molecular formula is C11H14FN. The summed E-state index contributed by atoms with van der Waals surface area (Å²) in [6, 6.07) is 6.87. The first-order valence-electron chi connectivity index (χ1n) is 4.64. The van der Waals surface area contributed by atoms with E-state index in [1.165, 1.54) is 6.07 Å². The van der Waals surface area contributed by atoms with Gasteiger partial charge in [-0.3, -0.25) is 0 Å². The lowest BCUT2D eigenvalue weighted by Crippen LogP contribution is -2.27. The van der Waals surface area contributed by atoms with Crippen molar-refractivity contribution in [3.63, 3.8) is 0 Å². The Morgan fingerprint density at radius 2 is 2.15 bits per heavy atom. The third kappa shape index (κ3) is 1.59. The van der Waals surface area contributed by atoms with Crippen LogP contribution >= 0.6 is 0 Å². The second kappa shape index (κ2) is 2.81. The predicted octanol–water partition coefficient (Wildman–Crippen LogP) is 2.11. The van der Waals surface area contributed by atoms with E-state index in [0.29, 0.717) is 12.3 Å². The largest absolute Gasteiger partial charge is 0.325 e. The Kier molecular flexibility index (Phi) is 1.88. The molecule has 0 saturated heterocycles. The quantitative estimate of drug-likeness (QED) is 0.739. The van der Waals surface area contributed by atoms with Crippen LogP contribution in [0.4, 0.5) is 4.39 Å². The first-order chi connectivity index (χ1) is 6.12. The molecule has 70 valence electrons. The zero-order valence-corrected chi connectivity index (χ0v) is 7.76. The molecule has 2 rings (SSSR count). The molecule has 2 heteroatoms. The smallest absolute Gasteiger partial charge is 0.126 e. The van der Waals surface area contributed by atoms with Crippen molar-refractivity contribution in [2.75, 3.05) is 0 Å². The summed E-state index contributed by atoms with van der Waals surface area (Å²) in [6.45, 7) is 2.11. The molecule has 2 N–H and O–H groups in total. The molecule has 2 unspecified atom stereocenters. The summed E-state index contributed by atoms with van der Waals surface area (Å²) in [6.07, 6.45) is 1.68. The van der Waals surface area contributed by atoms with Crippen LogP contribution in [-0.4, -0.2) is 5.54 Å². The Labute approximate surface area is 77.8 Å². The highest BCUT2D eigenvalue weighted by molar-refractivity contribution is 5.23. The fourth-order valence-corrected chi connectivity index (χ4v) is 1.75. The summed E-state index contributed by atoms with van der Waals surface area (Å²) in [5.41, 5.74) is 6.63. The maximum Gasteiger partial charge on any atom is 0.126 e. The van der Waals surface area contributed by atoms with E-state index in [1.807, 2.05) is 12.1 Å². The highest BCUT2D eigenvalue weighted by Gasteiger charge is 2.47. The Bertz CT molecular complexity index is 324. The lowest BCUT2D eigenvalue weighted by Gasteiger charge is -2.10. The molecule has 2 atom stereocenters. The number of hydrogen-bond donors (Lipinski definition) is 1. The predicted molar refractivity (Wildman–Crippen MR) is 50.8 cm³/mol. The van der Waals surface area contributed by atoms with E-state index in [1.54, 1.807) is 6.07 Å². The zero-order valence-electron chi connectivity index (χ0n) is 7.76. The Balaban J connectivity index is 2.15. The summed E-state index contributed by atoms with van der Waals surface area (Å²) >= 11 is 0. The average Bonchev–Trinajstić information content (AvgIpc) is 2.65. The number of nitrogens with two attached hydrogens (primary N) is 1. The van der Waals surface area contributed by atoms with Crippen molar-refractivity contribution in [2.24, 2.45) is 11.7 Å². The van der Waals surface area contributed by atoms with Gasteiger partial charge in [0.25, 0.3) is 0 Å². The Morgan fingerprint density at radius 3 is 2.69 bits per heavy atom. The van der Waals surface area contributed by atoms with Crippen LogP contribution in [0.25, 0.3) is 0 Å². The highest BCUT2D eigenvalue weighted by Crippen LogP contribution is 2.43. The van der Waals surface area contributed by atoms with Gasteiger partial charge in [-0.15, -0.1) is 0 Å². The van der Waals surface area contributed by atoms with E-state index < -0.39 is 0 Å². The molecule has 1 aliphatic carbocycles. The van der Waals surface area contributed by atoms with E-state index in [-0.39, 0.29) is 11.4 Å². The van der Waals surface area contributed by atoms with E-state index in [0.717, 1.165) is 12.0 Å². The summed E-state index contributed by atoms with van der Waals surface area (Å²) in [5, 5.41) is 0. The molecule has 0 spiro atoms. The third-order valence-corrected chi connectivity index (χ3v) is 2.98. The van der Waals surface area contributed by atoms with Crippen LogP contribution in [0.15, 0.2) is 24.3 Å². The molecule has 0 amide bonds. The van der Waals surface area contributed by atoms with Crippen molar-refractivity contribution in [3.8, 4) is 0 Å². The summed E-state index contributed by atoms with van der Waals surface area (Å²) < 4.78 is 13.2. The van der Waals surface area contributed by atoms with E-state index in [4.69, 9.17) is 5.73 Å². The Hall–Kier alpha value is -0.890. The number of halogens is 1. The van der Waals surface area contributed by atoms with Gasteiger partial charge >= 0.3 is 0 Å². The fourth-order valence-electron chi connectivity index (χ4n) is 1.75. The molecular weight excluding hydrogens is 165 g/mol. The Morgan fingerprint density at radius 1 is 1.54 bits per heavy atom. The first-order valence-corrected chi connectivity index (χ1v) is 4.64. The topological polar surface area (TPSA) is 26.0 Å². The lowest BCUT2D eigenvalue weighted by atomic mass is 10.0. The summed E-state index contributed by atoms with van der Waals surface area (Å²) in [7, 11) is 0. The van der Waals surface area contributed by atoms with E-state index >= 15 is 0 Å². The van der Waals surface area contributed by atoms with Gasteiger partial charge < -0.3 is 5.73 Å². The van der Waals surface area contributed by atoms with Crippen molar-refractivity contribution in [3.05, 3.63) is 35.6 Å². The van der Waals surface area contributed by atoms with Crippen LogP contribution in [0.5, 0.6) is 0 Å². The molecule has 1 nitrogen and oxygen atoms in total. The summed E-state index contributed by atoms with van der Waals surface area (Å²) in [5.74, 6) is 0.401. The molecule has 0 bridgehead atoms. The molecule has 1 fully saturated rings. The molecule has 1 aromatic rings. The summed E-state index contributed by atoms with van der Waals surface area (Å²) in [4.78, 5) is 0. The van der Waals surface area contributed by atoms with E-state index in [2.05, 4.69) is 6.92 Å². The second-order valence-corrected chi connectivity index (χ2v) is 4.11. The fraction of sp³-hybridized carbons (Fsp3) is 0.455. The van der Waals surface area contributed by atoms with Crippen LogP contribution in [0, 0.1) is 11.7 Å². The molecule has 1 saturated carbocycles. The van der Waals surface area contributed by atoms with Gasteiger partial charge in [-0.1, -0.05) is 25.1 Å². The SMILES string of the molecule is CC1CC1(N)Cc1ccccc1F. The minimum Gasteiger partial charge on any atom is -0.325 e. The number of rotatable bonds is 2. The number of hydrogen-bond acceptors (Lipinski definition) is 1.